The fourth-order valence-corrected chi connectivity index (χ4v) is 5.26. The average Bonchev–Trinajstić information content (AvgIpc) is 2.95. The molecule has 0 spiro atoms. The summed E-state index contributed by atoms with van der Waals surface area (Å²) in [4.78, 5) is -0.138. The van der Waals surface area contributed by atoms with Gasteiger partial charge in [-0.1, -0.05) is 49.6 Å². The molecule has 1 aromatic rings. The Morgan fingerprint density at radius 3 is 2.53 bits per heavy atom. The minimum Gasteiger partial charge on any atom is -0.354 e. The molecule has 1 aromatic carbocycles. The molecule has 0 unspecified atom stereocenters. The van der Waals surface area contributed by atoms with E-state index in [2.05, 4.69) is 30.3 Å². The van der Waals surface area contributed by atoms with Crippen molar-refractivity contribution in [3.8, 4) is 0 Å². The first-order valence-electron chi connectivity index (χ1n) is 7.28. The fourth-order valence-electron chi connectivity index (χ4n) is 3.36. The maximum Gasteiger partial charge on any atom is 0.142 e. The molecule has 1 saturated carbocycles. The summed E-state index contributed by atoms with van der Waals surface area (Å²) in [5.74, 6) is 2.27. The van der Waals surface area contributed by atoms with Crippen LogP contribution in [0.15, 0.2) is 30.3 Å². The second-order valence-electron chi connectivity index (χ2n) is 5.57. The summed E-state index contributed by atoms with van der Waals surface area (Å²) in [5, 5.41) is 0. The van der Waals surface area contributed by atoms with Gasteiger partial charge in [0, 0.05) is 17.6 Å². The standard InChI is InChI=1S/C16H21ClOS/c17-11-15-12-19-16(18-15,13-7-3-1-4-8-13)14-9-5-2-6-10-14/h1,3-4,7-8,14-15H,2,5-6,9-12H2/t15-,16-/m1/s1. The maximum absolute atomic E-state index is 6.45. The highest BCUT2D eigenvalue weighted by molar-refractivity contribution is 8.00. The molecule has 3 heteroatoms. The zero-order valence-electron chi connectivity index (χ0n) is 11.2. The van der Waals surface area contributed by atoms with E-state index in [1.807, 2.05) is 11.8 Å². The van der Waals surface area contributed by atoms with Crippen molar-refractivity contribution in [2.75, 3.05) is 11.6 Å². The summed E-state index contributed by atoms with van der Waals surface area (Å²) in [6.45, 7) is 0. The smallest absolute Gasteiger partial charge is 0.142 e. The Bertz CT molecular complexity index is 404. The average molecular weight is 297 g/mol. The molecule has 1 heterocycles. The van der Waals surface area contributed by atoms with Gasteiger partial charge in [-0.15, -0.1) is 23.4 Å². The van der Waals surface area contributed by atoms with E-state index in [1.165, 1.54) is 37.7 Å². The van der Waals surface area contributed by atoms with E-state index in [0.29, 0.717) is 11.8 Å². The Morgan fingerprint density at radius 1 is 1.16 bits per heavy atom. The summed E-state index contributed by atoms with van der Waals surface area (Å²) in [7, 11) is 0. The third-order valence-electron chi connectivity index (χ3n) is 4.32. The van der Waals surface area contributed by atoms with Crippen molar-refractivity contribution >= 4 is 23.4 Å². The van der Waals surface area contributed by atoms with Crippen LogP contribution in [-0.2, 0) is 9.67 Å². The van der Waals surface area contributed by atoms with Crippen LogP contribution < -0.4 is 0 Å². The van der Waals surface area contributed by atoms with Crippen molar-refractivity contribution in [3.63, 3.8) is 0 Å². The number of hydrogen-bond donors (Lipinski definition) is 0. The summed E-state index contributed by atoms with van der Waals surface area (Å²) in [6, 6.07) is 10.8. The molecule has 2 atom stereocenters. The Morgan fingerprint density at radius 2 is 1.89 bits per heavy atom. The molecule has 2 fully saturated rings. The van der Waals surface area contributed by atoms with E-state index in [1.54, 1.807) is 0 Å². The predicted octanol–water partition coefficient (Wildman–Crippen LogP) is 4.79. The summed E-state index contributed by atoms with van der Waals surface area (Å²) in [6.07, 6.45) is 6.84. The lowest BCUT2D eigenvalue weighted by Gasteiger charge is -2.39. The van der Waals surface area contributed by atoms with Crippen LogP contribution >= 0.6 is 23.4 Å². The molecule has 2 aliphatic rings. The second kappa shape index (κ2) is 6.07. The van der Waals surface area contributed by atoms with Gasteiger partial charge in [-0.2, -0.15) is 0 Å². The van der Waals surface area contributed by atoms with E-state index < -0.39 is 0 Å². The minimum absolute atomic E-state index is 0.138. The molecule has 1 aliphatic heterocycles. The highest BCUT2D eigenvalue weighted by Crippen LogP contribution is 2.54. The SMILES string of the molecule is ClC[C@@H]1CS[C@](c2ccccc2)(C2CCCCC2)O1. The lowest BCUT2D eigenvalue weighted by atomic mass is 9.82. The Balaban J connectivity index is 1.91. The lowest BCUT2D eigenvalue weighted by Crippen LogP contribution is -2.35. The molecule has 104 valence electrons. The molecular formula is C16H21ClOS. The van der Waals surface area contributed by atoms with Crippen molar-refractivity contribution in [3.05, 3.63) is 35.9 Å². The first kappa shape index (κ1) is 13.8. The van der Waals surface area contributed by atoms with Crippen molar-refractivity contribution in [2.24, 2.45) is 5.92 Å². The van der Waals surface area contributed by atoms with E-state index in [-0.39, 0.29) is 11.0 Å². The van der Waals surface area contributed by atoms with Crippen LogP contribution in [0.3, 0.4) is 0 Å². The second-order valence-corrected chi connectivity index (χ2v) is 7.11. The number of thioether (sulfide) groups is 1. The number of halogens is 1. The first-order valence-corrected chi connectivity index (χ1v) is 8.80. The monoisotopic (exact) mass is 296 g/mol. The molecule has 0 radical (unpaired) electrons. The largest absolute Gasteiger partial charge is 0.354 e. The van der Waals surface area contributed by atoms with E-state index >= 15 is 0 Å². The van der Waals surface area contributed by atoms with Gasteiger partial charge < -0.3 is 4.74 Å². The van der Waals surface area contributed by atoms with Crippen LogP contribution in [0.2, 0.25) is 0 Å². The fraction of sp³-hybridized carbons (Fsp3) is 0.625. The van der Waals surface area contributed by atoms with Crippen LogP contribution in [0, 0.1) is 5.92 Å². The number of hydrogen-bond acceptors (Lipinski definition) is 2. The van der Waals surface area contributed by atoms with Gasteiger partial charge in [0.1, 0.15) is 4.93 Å². The normalized spacial score (nSPS) is 32.6. The van der Waals surface area contributed by atoms with E-state index in [0.717, 1.165) is 5.75 Å². The Labute approximate surface area is 125 Å². The molecule has 0 bridgehead atoms. The molecule has 0 N–H and O–H groups in total. The van der Waals surface area contributed by atoms with Crippen LogP contribution in [0.5, 0.6) is 0 Å². The predicted molar refractivity (Wildman–Crippen MR) is 82.7 cm³/mol. The van der Waals surface area contributed by atoms with Gasteiger partial charge in [-0.05, 0) is 18.4 Å². The van der Waals surface area contributed by atoms with Crippen molar-refractivity contribution in [2.45, 2.75) is 43.1 Å². The number of ether oxygens (including phenoxy) is 1. The van der Waals surface area contributed by atoms with Crippen molar-refractivity contribution in [1.82, 2.24) is 0 Å². The third kappa shape index (κ3) is 2.68. The zero-order chi connectivity index (χ0) is 13.1. The van der Waals surface area contributed by atoms with Gasteiger partial charge in [-0.25, -0.2) is 0 Å². The maximum atomic E-state index is 6.45. The van der Waals surface area contributed by atoms with Gasteiger partial charge in [-0.3, -0.25) is 0 Å². The van der Waals surface area contributed by atoms with Gasteiger partial charge in [0.15, 0.2) is 0 Å². The molecule has 19 heavy (non-hydrogen) atoms. The molecule has 3 rings (SSSR count). The van der Waals surface area contributed by atoms with Gasteiger partial charge >= 0.3 is 0 Å². The Hall–Kier alpha value is -0.180. The number of rotatable bonds is 3. The summed E-state index contributed by atoms with van der Waals surface area (Å²) >= 11 is 8.00. The highest BCUT2D eigenvalue weighted by atomic mass is 35.5. The third-order valence-corrected chi connectivity index (χ3v) is 6.29. The molecule has 0 aromatic heterocycles. The van der Waals surface area contributed by atoms with Crippen LogP contribution in [0.25, 0.3) is 0 Å². The van der Waals surface area contributed by atoms with Crippen molar-refractivity contribution in [1.29, 1.82) is 0 Å². The highest BCUT2D eigenvalue weighted by Gasteiger charge is 2.48. The molecule has 0 amide bonds. The number of benzene rings is 1. The summed E-state index contributed by atoms with van der Waals surface area (Å²) in [5.41, 5.74) is 1.33. The minimum atomic E-state index is -0.138. The van der Waals surface area contributed by atoms with E-state index in [9.17, 15) is 0 Å². The van der Waals surface area contributed by atoms with E-state index in [4.69, 9.17) is 16.3 Å². The molecular weight excluding hydrogens is 276 g/mol. The quantitative estimate of drug-likeness (QED) is 0.742. The van der Waals surface area contributed by atoms with Crippen molar-refractivity contribution < 1.29 is 4.74 Å². The first-order chi connectivity index (χ1) is 9.35. The molecule has 1 aliphatic carbocycles. The Kier molecular flexibility index (Phi) is 4.40. The van der Waals surface area contributed by atoms with Crippen LogP contribution in [-0.4, -0.2) is 17.7 Å². The van der Waals surface area contributed by atoms with Gasteiger partial charge in [0.05, 0.1) is 6.10 Å². The van der Waals surface area contributed by atoms with Gasteiger partial charge in [0.2, 0.25) is 0 Å². The van der Waals surface area contributed by atoms with Crippen LogP contribution in [0.1, 0.15) is 37.7 Å². The lowest BCUT2D eigenvalue weighted by molar-refractivity contribution is -0.0473. The zero-order valence-corrected chi connectivity index (χ0v) is 12.8. The van der Waals surface area contributed by atoms with Crippen LogP contribution in [0.4, 0.5) is 0 Å². The molecule has 1 nitrogen and oxygen atoms in total. The topological polar surface area (TPSA) is 9.23 Å². The molecule has 1 saturated heterocycles. The summed E-state index contributed by atoms with van der Waals surface area (Å²) < 4.78 is 6.45. The van der Waals surface area contributed by atoms with Gasteiger partial charge in [0.25, 0.3) is 0 Å². The number of alkyl halides is 1.